The fraction of sp³-hybridized carbons (Fsp3) is 0.0909. The Balaban J connectivity index is 2.73. The minimum Gasteiger partial charge on any atom is -0.513 e. The zero-order valence-electron chi connectivity index (χ0n) is 8.19. The number of allylic oxidation sites excluding steroid dienone is 1. The molecule has 0 bridgehead atoms. The van der Waals surface area contributed by atoms with Gasteiger partial charge in [0.15, 0.2) is 0 Å². The second-order valence-electron chi connectivity index (χ2n) is 3.25. The van der Waals surface area contributed by atoms with Crippen LogP contribution >= 0.6 is 0 Å². The number of nitrogens with zero attached hydrogens (tertiary/aromatic N) is 1. The summed E-state index contributed by atoms with van der Waals surface area (Å²) in [4.78, 5) is 18.3. The molecule has 1 heterocycles. The molecule has 4 nitrogen and oxygen atoms in total. The third-order valence-corrected chi connectivity index (χ3v) is 1.97. The zero-order chi connectivity index (χ0) is 10.8. The minimum absolute atomic E-state index is 0.0586. The number of hydrogen-bond donors (Lipinski definition) is 2. The van der Waals surface area contributed by atoms with E-state index in [0.717, 1.165) is 0 Å². The summed E-state index contributed by atoms with van der Waals surface area (Å²) in [6.07, 6.45) is 1.34. The second-order valence-corrected chi connectivity index (χ2v) is 3.25. The van der Waals surface area contributed by atoms with Gasteiger partial charge in [-0.05, 0) is 19.1 Å². The van der Waals surface area contributed by atoms with Gasteiger partial charge >= 0.3 is 0 Å². The van der Waals surface area contributed by atoms with Gasteiger partial charge in [-0.1, -0.05) is 12.1 Å². The van der Waals surface area contributed by atoms with Crippen molar-refractivity contribution in [2.45, 2.75) is 6.92 Å². The van der Waals surface area contributed by atoms with Crippen LogP contribution in [-0.2, 0) is 0 Å². The molecule has 2 rings (SSSR count). The van der Waals surface area contributed by atoms with Crippen molar-refractivity contribution in [2.75, 3.05) is 0 Å². The van der Waals surface area contributed by atoms with Crippen molar-refractivity contribution in [1.82, 2.24) is 9.97 Å². The van der Waals surface area contributed by atoms with Gasteiger partial charge in [0.05, 0.1) is 16.8 Å². The molecule has 0 aliphatic carbocycles. The van der Waals surface area contributed by atoms with Crippen LogP contribution in [-0.4, -0.2) is 15.1 Å². The number of aliphatic hydroxyl groups is 1. The monoisotopic (exact) mass is 202 g/mol. The Morgan fingerprint density at radius 3 is 2.93 bits per heavy atom. The van der Waals surface area contributed by atoms with Crippen LogP contribution in [0.2, 0.25) is 0 Å². The number of aliphatic hydroxyl groups excluding tert-OH is 1. The first kappa shape index (κ1) is 9.45. The van der Waals surface area contributed by atoms with Crippen molar-refractivity contribution in [1.29, 1.82) is 0 Å². The van der Waals surface area contributed by atoms with Crippen molar-refractivity contribution in [3.05, 3.63) is 46.1 Å². The first-order chi connectivity index (χ1) is 7.16. The van der Waals surface area contributed by atoms with Crippen LogP contribution in [0.3, 0.4) is 0 Å². The van der Waals surface area contributed by atoms with Gasteiger partial charge < -0.3 is 10.1 Å². The van der Waals surface area contributed by atoms with E-state index in [1.807, 2.05) is 12.1 Å². The lowest BCUT2D eigenvalue weighted by Gasteiger charge is -1.98. The van der Waals surface area contributed by atoms with Crippen LogP contribution in [0, 0.1) is 0 Å². The minimum atomic E-state index is -0.304. The normalized spacial score (nSPS) is 11.9. The fourth-order valence-electron chi connectivity index (χ4n) is 1.34. The second kappa shape index (κ2) is 3.57. The first-order valence-corrected chi connectivity index (χ1v) is 4.53. The zero-order valence-corrected chi connectivity index (χ0v) is 8.19. The van der Waals surface area contributed by atoms with E-state index in [1.54, 1.807) is 12.1 Å². The highest BCUT2D eigenvalue weighted by molar-refractivity contribution is 5.74. The third-order valence-electron chi connectivity index (χ3n) is 1.97. The fourth-order valence-corrected chi connectivity index (χ4v) is 1.34. The Hall–Kier alpha value is -2.10. The molecule has 2 aromatic rings. The Kier molecular flexibility index (Phi) is 2.25. The molecule has 1 aromatic carbocycles. The molecule has 0 aliphatic rings. The maximum absolute atomic E-state index is 11.5. The number of hydrogen-bond acceptors (Lipinski definition) is 3. The van der Waals surface area contributed by atoms with E-state index in [4.69, 9.17) is 5.11 Å². The summed E-state index contributed by atoms with van der Waals surface area (Å²) >= 11 is 0. The van der Waals surface area contributed by atoms with Crippen molar-refractivity contribution in [3.63, 3.8) is 0 Å². The summed E-state index contributed by atoms with van der Waals surface area (Å²) in [5.41, 5.74) is 1.30. The van der Waals surface area contributed by atoms with Crippen LogP contribution in [0.5, 0.6) is 0 Å². The highest BCUT2D eigenvalue weighted by atomic mass is 16.3. The van der Waals surface area contributed by atoms with Crippen molar-refractivity contribution in [3.8, 4) is 0 Å². The predicted octanol–water partition coefficient (Wildman–Crippen LogP) is 1.84. The highest BCUT2D eigenvalue weighted by Gasteiger charge is 2.01. The maximum atomic E-state index is 11.5. The number of rotatable bonds is 1. The van der Waals surface area contributed by atoms with E-state index < -0.39 is 0 Å². The predicted molar refractivity (Wildman–Crippen MR) is 58.6 cm³/mol. The van der Waals surface area contributed by atoms with Gasteiger partial charge in [0.2, 0.25) is 0 Å². The number of aromatic amines is 1. The van der Waals surface area contributed by atoms with Gasteiger partial charge in [0, 0.05) is 6.08 Å². The van der Waals surface area contributed by atoms with Crippen LogP contribution in [0.25, 0.3) is 17.1 Å². The molecule has 0 atom stereocenters. The highest BCUT2D eigenvalue weighted by Crippen LogP contribution is 2.07. The van der Waals surface area contributed by atoms with Gasteiger partial charge in [0.25, 0.3) is 5.56 Å². The van der Waals surface area contributed by atoms with Gasteiger partial charge in [-0.15, -0.1) is 0 Å². The maximum Gasteiger partial charge on any atom is 0.274 e. The molecule has 0 spiro atoms. The van der Waals surface area contributed by atoms with Gasteiger partial charge in [0.1, 0.15) is 5.69 Å². The first-order valence-electron chi connectivity index (χ1n) is 4.53. The van der Waals surface area contributed by atoms with Crippen molar-refractivity contribution in [2.24, 2.45) is 0 Å². The van der Waals surface area contributed by atoms with Crippen molar-refractivity contribution < 1.29 is 5.11 Å². The molecule has 0 radical (unpaired) electrons. The molecule has 15 heavy (non-hydrogen) atoms. The summed E-state index contributed by atoms with van der Waals surface area (Å²) in [6, 6.07) is 7.25. The molecule has 76 valence electrons. The molecule has 0 aliphatic heterocycles. The van der Waals surface area contributed by atoms with E-state index in [1.165, 1.54) is 13.0 Å². The number of H-pyrrole nitrogens is 1. The number of nitrogens with one attached hydrogen (secondary N) is 1. The number of benzene rings is 1. The Labute approximate surface area is 85.9 Å². The lowest BCUT2D eigenvalue weighted by Crippen LogP contribution is -2.11. The van der Waals surface area contributed by atoms with E-state index in [-0.39, 0.29) is 17.0 Å². The van der Waals surface area contributed by atoms with E-state index in [0.29, 0.717) is 11.0 Å². The van der Waals surface area contributed by atoms with Gasteiger partial charge in [-0.3, -0.25) is 4.79 Å². The summed E-state index contributed by atoms with van der Waals surface area (Å²) < 4.78 is 0. The molecule has 1 aromatic heterocycles. The molecule has 2 N–H and O–H groups in total. The molecule has 0 saturated carbocycles. The Bertz CT molecular complexity index is 580. The van der Waals surface area contributed by atoms with E-state index >= 15 is 0 Å². The average molecular weight is 202 g/mol. The quantitative estimate of drug-likeness (QED) is 0.693. The number of fused-ring (bicyclic) bond motifs is 1. The number of aromatic nitrogens is 2. The lowest BCUT2D eigenvalue weighted by molar-refractivity contribution is 0.419. The molecule has 0 unspecified atom stereocenters. The summed E-state index contributed by atoms with van der Waals surface area (Å²) in [7, 11) is 0. The molecule has 0 amide bonds. The van der Waals surface area contributed by atoms with Crippen LogP contribution in [0.15, 0.2) is 34.8 Å². The summed E-state index contributed by atoms with van der Waals surface area (Å²) in [6.45, 7) is 1.50. The smallest absolute Gasteiger partial charge is 0.274 e. The van der Waals surface area contributed by atoms with Crippen LogP contribution in [0.4, 0.5) is 0 Å². The summed E-state index contributed by atoms with van der Waals surface area (Å²) in [5, 5.41) is 9.07. The Morgan fingerprint density at radius 2 is 2.20 bits per heavy atom. The molecule has 4 heteroatoms. The van der Waals surface area contributed by atoms with E-state index in [9.17, 15) is 4.79 Å². The molecular formula is C11H10N2O2. The molecular weight excluding hydrogens is 192 g/mol. The lowest BCUT2D eigenvalue weighted by atomic mass is 10.3. The SMILES string of the molecule is C/C(O)=C/c1nc2ccccc2[nH]c1=O. The average Bonchev–Trinajstić information content (AvgIpc) is 2.18. The molecule has 0 fully saturated rings. The summed E-state index contributed by atoms with van der Waals surface area (Å²) in [5.74, 6) is 0.0586. The third kappa shape index (κ3) is 1.88. The van der Waals surface area contributed by atoms with Crippen LogP contribution < -0.4 is 5.56 Å². The van der Waals surface area contributed by atoms with Gasteiger partial charge in [-0.2, -0.15) is 0 Å². The van der Waals surface area contributed by atoms with Crippen LogP contribution in [0.1, 0.15) is 12.6 Å². The van der Waals surface area contributed by atoms with Crippen molar-refractivity contribution >= 4 is 17.1 Å². The Morgan fingerprint density at radius 1 is 1.47 bits per heavy atom. The largest absolute Gasteiger partial charge is 0.513 e. The molecule has 0 saturated heterocycles. The number of para-hydroxylation sites is 2. The standard InChI is InChI=1S/C11H10N2O2/c1-7(14)6-10-11(15)13-9-5-3-2-4-8(9)12-10/h2-6,14H,1H3,(H,13,15)/b7-6-. The van der Waals surface area contributed by atoms with E-state index in [2.05, 4.69) is 9.97 Å². The van der Waals surface area contributed by atoms with Gasteiger partial charge in [-0.25, -0.2) is 4.98 Å². The topological polar surface area (TPSA) is 66.0 Å².